The molecule has 0 aromatic rings. The zero-order chi connectivity index (χ0) is 10.7. The molecule has 0 spiro atoms. The summed E-state index contributed by atoms with van der Waals surface area (Å²) in [5.74, 6) is 0. The number of hydrogen-bond acceptors (Lipinski definition) is 3. The van der Waals surface area contributed by atoms with Crippen LogP contribution in [0.3, 0.4) is 0 Å². The fourth-order valence-corrected chi connectivity index (χ4v) is 2.06. The van der Waals surface area contributed by atoms with E-state index < -0.39 is 0 Å². The highest BCUT2D eigenvalue weighted by Crippen LogP contribution is 2.10. The smallest absolute Gasteiger partial charge is 0.0347 e. The molecular weight excluding hydrogens is 174 g/mol. The van der Waals surface area contributed by atoms with Crippen molar-refractivity contribution < 1.29 is 0 Å². The van der Waals surface area contributed by atoms with Crippen molar-refractivity contribution in [1.29, 1.82) is 0 Å². The second kappa shape index (κ2) is 5.10. The van der Waals surface area contributed by atoms with Crippen LogP contribution in [0.2, 0.25) is 0 Å². The van der Waals surface area contributed by atoms with Gasteiger partial charge in [0.05, 0.1) is 0 Å². The van der Waals surface area contributed by atoms with Crippen LogP contribution >= 0.6 is 0 Å². The molecular formula is C11H25N3. The van der Waals surface area contributed by atoms with Gasteiger partial charge in [-0.1, -0.05) is 0 Å². The van der Waals surface area contributed by atoms with Crippen molar-refractivity contribution in [2.75, 3.05) is 47.3 Å². The molecule has 1 fully saturated rings. The van der Waals surface area contributed by atoms with Gasteiger partial charge < -0.3 is 4.90 Å². The molecule has 0 aliphatic carbocycles. The predicted molar refractivity (Wildman–Crippen MR) is 61.7 cm³/mol. The molecule has 0 bridgehead atoms. The zero-order valence-electron chi connectivity index (χ0n) is 10.3. The van der Waals surface area contributed by atoms with Crippen molar-refractivity contribution in [3.8, 4) is 0 Å². The van der Waals surface area contributed by atoms with Gasteiger partial charge in [0.25, 0.3) is 0 Å². The predicted octanol–water partition coefficient (Wildman–Crippen LogP) is 0.572. The van der Waals surface area contributed by atoms with Crippen molar-refractivity contribution in [3.63, 3.8) is 0 Å². The Labute approximate surface area is 88.7 Å². The van der Waals surface area contributed by atoms with Gasteiger partial charge in [-0.3, -0.25) is 9.80 Å². The van der Waals surface area contributed by atoms with Gasteiger partial charge in [-0.05, 0) is 35.0 Å². The van der Waals surface area contributed by atoms with Crippen LogP contribution in [0.25, 0.3) is 0 Å². The Balaban J connectivity index is 2.46. The summed E-state index contributed by atoms with van der Waals surface area (Å²) in [4.78, 5) is 7.35. The molecule has 1 atom stereocenters. The molecule has 1 heterocycles. The van der Waals surface area contributed by atoms with Gasteiger partial charge in [-0.25, -0.2) is 0 Å². The van der Waals surface area contributed by atoms with Gasteiger partial charge in [-0.2, -0.15) is 0 Å². The Morgan fingerprint density at radius 3 is 2.43 bits per heavy atom. The lowest BCUT2D eigenvalue weighted by molar-refractivity contribution is 0.0613. The first-order valence-electron chi connectivity index (χ1n) is 5.59. The molecule has 1 saturated heterocycles. The molecule has 0 saturated carbocycles. The van der Waals surface area contributed by atoms with Crippen LogP contribution in [0.15, 0.2) is 0 Å². The molecule has 1 unspecified atom stereocenters. The largest absolute Gasteiger partial charge is 0.308 e. The molecule has 1 rings (SSSR count). The monoisotopic (exact) mass is 199 g/mol. The molecule has 14 heavy (non-hydrogen) atoms. The fourth-order valence-electron chi connectivity index (χ4n) is 2.06. The van der Waals surface area contributed by atoms with E-state index in [0.717, 1.165) is 0 Å². The third-order valence-electron chi connectivity index (χ3n) is 3.11. The first-order valence-corrected chi connectivity index (χ1v) is 5.59. The molecule has 1 aliphatic heterocycles. The first-order chi connectivity index (χ1) is 6.50. The number of likely N-dealkylation sites (N-methyl/N-ethyl adjacent to an activating group) is 2. The zero-order valence-corrected chi connectivity index (χ0v) is 10.3. The van der Waals surface area contributed by atoms with Gasteiger partial charge in [-0.15, -0.1) is 0 Å². The van der Waals surface area contributed by atoms with Gasteiger partial charge in [0, 0.05) is 38.3 Å². The Bertz CT molecular complexity index is 168. The van der Waals surface area contributed by atoms with E-state index in [1.807, 2.05) is 0 Å². The molecule has 3 nitrogen and oxygen atoms in total. The van der Waals surface area contributed by atoms with E-state index in [1.165, 1.54) is 26.2 Å². The molecule has 0 aromatic carbocycles. The van der Waals surface area contributed by atoms with Crippen molar-refractivity contribution in [2.45, 2.75) is 25.9 Å². The quantitative estimate of drug-likeness (QED) is 0.658. The van der Waals surface area contributed by atoms with Gasteiger partial charge in [0.15, 0.2) is 0 Å². The normalized spacial score (nSPS) is 26.4. The average Bonchev–Trinajstić information content (AvgIpc) is 2.07. The lowest BCUT2D eigenvalue weighted by Gasteiger charge is -2.42. The van der Waals surface area contributed by atoms with Crippen LogP contribution < -0.4 is 0 Å². The van der Waals surface area contributed by atoms with E-state index in [4.69, 9.17) is 0 Å². The minimum Gasteiger partial charge on any atom is -0.308 e. The third-order valence-corrected chi connectivity index (χ3v) is 3.11. The van der Waals surface area contributed by atoms with Gasteiger partial charge in [0.2, 0.25) is 0 Å². The Kier molecular flexibility index (Phi) is 4.35. The summed E-state index contributed by atoms with van der Waals surface area (Å²) in [6, 6.07) is 1.38. The Morgan fingerprint density at radius 2 is 1.93 bits per heavy atom. The number of rotatable bonds is 3. The molecule has 0 radical (unpaired) electrons. The van der Waals surface area contributed by atoms with Crippen LogP contribution in [0.4, 0.5) is 0 Å². The third kappa shape index (κ3) is 3.23. The van der Waals surface area contributed by atoms with Crippen molar-refractivity contribution in [3.05, 3.63) is 0 Å². The summed E-state index contributed by atoms with van der Waals surface area (Å²) in [5.41, 5.74) is 0. The molecule has 0 N–H and O–H groups in total. The van der Waals surface area contributed by atoms with Gasteiger partial charge in [0.1, 0.15) is 0 Å². The van der Waals surface area contributed by atoms with Crippen molar-refractivity contribution in [2.24, 2.45) is 0 Å². The highest BCUT2D eigenvalue weighted by atomic mass is 15.3. The van der Waals surface area contributed by atoms with E-state index in [2.05, 4.69) is 49.7 Å². The van der Waals surface area contributed by atoms with E-state index in [9.17, 15) is 0 Å². The lowest BCUT2D eigenvalue weighted by atomic mass is 10.1. The minimum absolute atomic E-state index is 0.688. The summed E-state index contributed by atoms with van der Waals surface area (Å²) in [7, 11) is 6.55. The maximum Gasteiger partial charge on any atom is 0.0347 e. The summed E-state index contributed by atoms with van der Waals surface area (Å²) >= 11 is 0. The van der Waals surface area contributed by atoms with Crippen molar-refractivity contribution >= 4 is 0 Å². The fraction of sp³-hybridized carbons (Fsp3) is 1.00. The second-order valence-corrected chi connectivity index (χ2v) is 4.99. The Morgan fingerprint density at radius 1 is 1.29 bits per heavy atom. The maximum absolute atomic E-state index is 2.58. The summed E-state index contributed by atoms with van der Waals surface area (Å²) in [6.07, 6.45) is 0. The molecule has 84 valence electrons. The van der Waals surface area contributed by atoms with Crippen LogP contribution in [0.5, 0.6) is 0 Å². The van der Waals surface area contributed by atoms with Crippen molar-refractivity contribution in [1.82, 2.24) is 14.7 Å². The lowest BCUT2D eigenvalue weighted by Crippen LogP contribution is -2.56. The molecule has 0 amide bonds. The number of hydrogen-bond donors (Lipinski definition) is 0. The highest BCUT2D eigenvalue weighted by molar-refractivity contribution is 4.82. The second-order valence-electron chi connectivity index (χ2n) is 4.99. The number of nitrogens with zero attached hydrogens (tertiary/aromatic N) is 3. The summed E-state index contributed by atoms with van der Waals surface area (Å²) < 4.78 is 0. The maximum atomic E-state index is 2.58. The number of piperazine rings is 1. The van der Waals surface area contributed by atoms with Crippen LogP contribution in [0, 0.1) is 0 Å². The standard InChI is InChI=1S/C11H25N3/c1-10(2)14-7-6-13(5)11(9-14)8-12(3)4/h10-11H,6-9H2,1-5H3. The first kappa shape index (κ1) is 12.0. The molecule has 0 aromatic heterocycles. The molecule has 1 aliphatic rings. The van der Waals surface area contributed by atoms with E-state index >= 15 is 0 Å². The van der Waals surface area contributed by atoms with Crippen LogP contribution in [-0.2, 0) is 0 Å². The minimum atomic E-state index is 0.688. The van der Waals surface area contributed by atoms with Gasteiger partial charge >= 0.3 is 0 Å². The summed E-state index contributed by atoms with van der Waals surface area (Å²) in [5, 5.41) is 0. The van der Waals surface area contributed by atoms with E-state index in [0.29, 0.717) is 12.1 Å². The average molecular weight is 199 g/mol. The molecule has 3 heteroatoms. The van der Waals surface area contributed by atoms with Crippen LogP contribution in [-0.4, -0.2) is 74.1 Å². The van der Waals surface area contributed by atoms with E-state index in [-0.39, 0.29) is 0 Å². The Hall–Kier alpha value is -0.120. The topological polar surface area (TPSA) is 9.72 Å². The van der Waals surface area contributed by atoms with E-state index in [1.54, 1.807) is 0 Å². The highest BCUT2D eigenvalue weighted by Gasteiger charge is 2.25. The van der Waals surface area contributed by atoms with Crippen LogP contribution in [0.1, 0.15) is 13.8 Å². The SMILES string of the molecule is CC(C)N1CCN(C)C(CN(C)C)C1. The summed E-state index contributed by atoms with van der Waals surface area (Å²) in [6.45, 7) is 9.39.